The van der Waals surface area contributed by atoms with Gasteiger partial charge in [0.15, 0.2) is 5.96 Å². The summed E-state index contributed by atoms with van der Waals surface area (Å²) in [5, 5.41) is 6.49. The Morgan fingerprint density at radius 3 is 2.57 bits per heavy atom. The molecule has 150 valence electrons. The Balaban J connectivity index is 1.80. The van der Waals surface area contributed by atoms with Crippen molar-refractivity contribution in [3.63, 3.8) is 0 Å². The average Bonchev–Trinajstić information content (AvgIpc) is 2.75. The minimum atomic E-state index is -0.330. The van der Waals surface area contributed by atoms with Crippen LogP contribution in [-0.4, -0.2) is 38.7 Å². The summed E-state index contributed by atoms with van der Waals surface area (Å²) in [6.07, 6.45) is 0.914. The van der Waals surface area contributed by atoms with Crippen molar-refractivity contribution in [1.29, 1.82) is 0 Å². The molecule has 0 heterocycles. The number of carbonyl (C=O) groups is 1. The fourth-order valence-corrected chi connectivity index (χ4v) is 2.55. The molecular weight excluding hydrogens is 354 g/mol. The Hall–Kier alpha value is -2.86. The van der Waals surface area contributed by atoms with Crippen LogP contribution in [0.1, 0.15) is 34.8 Å². The van der Waals surface area contributed by atoms with E-state index in [0.717, 1.165) is 37.3 Å². The average molecular weight is 383 g/mol. The Bertz CT molecular complexity index is 748. The Morgan fingerprint density at radius 2 is 1.82 bits per heavy atom. The van der Waals surface area contributed by atoms with Gasteiger partial charge in [0.25, 0.3) is 0 Å². The zero-order valence-electron chi connectivity index (χ0n) is 16.6. The molecule has 6 heteroatoms. The minimum Gasteiger partial charge on any atom is -0.457 e. The second kappa shape index (κ2) is 12.5. The first-order valence-corrected chi connectivity index (χ1v) is 9.55. The quantitative estimate of drug-likeness (QED) is 0.285. The zero-order chi connectivity index (χ0) is 20.0. The Labute approximate surface area is 167 Å². The van der Waals surface area contributed by atoms with Gasteiger partial charge in [0.1, 0.15) is 6.61 Å². The normalized spacial score (nSPS) is 11.1. The highest BCUT2D eigenvalue weighted by Gasteiger charge is 2.08. The summed E-state index contributed by atoms with van der Waals surface area (Å²) in [6, 6.07) is 17.1. The van der Waals surface area contributed by atoms with E-state index in [1.165, 1.54) is 0 Å². The molecule has 0 saturated carbocycles. The van der Waals surface area contributed by atoms with Crippen LogP contribution in [0.5, 0.6) is 0 Å². The van der Waals surface area contributed by atoms with Gasteiger partial charge in [0.2, 0.25) is 0 Å². The molecule has 6 nitrogen and oxygen atoms in total. The summed E-state index contributed by atoms with van der Waals surface area (Å²) in [7, 11) is 1.73. The maximum absolute atomic E-state index is 12.3. The van der Waals surface area contributed by atoms with Crippen LogP contribution in [0.25, 0.3) is 0 Å². The molecule has 2 N–H and O–H groups in total. The number of rotatable bonds is 10. The van der Waals surface area contributed by atoms with Crippen molar-refractivity contribution in [2.75, 3.05) is 26.8 Å². The van der Waals surface area contributed by atoms with Crippen molar-refractivity contribution >= 4 is 11.9 Å². The van der Waals surface area contributed by atoms with Crippen molar-refractivity contribution in [2.45, 2.75) is 26.5 Å². The molecule has 0 aliphatic carbocycles. The van der Waals surface area contributed by atoms with Crippen LogP contribution in [0.2, 0.25) is 0 Å². The van der Waals surface area contributed by atoms with Crippen LogP contribution in [-0.2, 0) is 22.6 Å². The predicted molar refractivity (Wildman–Crippen MR) is 111 cm³/mol. The van der Waals surface area contributed by atoms with E-state index in [9.17, 15) is 4.79 Å². The van der Waals surface area contributed by atoms with E-state index in [1.807, 2.05) is 55.5 Å². The molecule has 0 aliphatic rings. The summed E-state index contributed by atoms with van der Waals surface area (Å²) in [5.74, 6) is 0.387. The first-order chi connectivity index (χ1) is 13.7. The van der Waals surface area contributed by atoms with Crippen molar-refractivity contribution in [3.05, 3.63) is 71.3 Å². The largest absolute Gasteiger partial charge is 0.457 e. The smallest absolute Gasteiger partial charge is 0.338 e. The van der Waals surface area contributed by atoms with Crippen LogP contribution in [0.4, 0.5) is 0 Å². The molecule has 2 aromatic rings. The molecule has 0 aromatic heterocycles. The molecule has 0 aliphatic heterocycles. The standard InChI is InChI=1S/C22H29N3O3/c1-3-27-14-8-13-24-22(23-2)25-16-19-11-7-12-20(15-19)21(26)28-17-18-9-5-4-6-10-18/h4-7,9-12,15H,3,8,13-14,16-17H2,1-2H3,(H2,23,24,25). The van der Waals surface area contributed by atoms with Crippen molar-refractivity contribution in [1.82, 2.24) is 10.6 Å². The number of esters is 1. The van der Waals surface area contributed by atoms with E-state index < -0.39 is 0 Å². The lowest BCUT2D eigenvalue weighted by atomic mass is 10.1. The monoisotopic (exact) mass is 383 g/mol. The number of nitrogens with one attached hydrogen (secondary N) is 2. The van der Waals surface area contributed by atoms with E-state index in [4.69, 9.17) is 9.47 Å². The second-order valence-electron chi connectivity index (χ2n) is 6.17. The van der Waals surface area contributed by atoms with Gasteiger partial charge in [-0.1, -0.05) is 42.5 Å². The summed E-state index contributed by atoms with van der Waals surface area (Å²) in [4.78, 5) is 16.5. The number of hydrogen-bond donors (Lipinski definition) is 2. The third-order valence-electron chi connectivity index (χ3n) is 4.02. The third kappa shape index (κ3) is 7.80. The molecule has 0 saturated heterocycles. The lowest BCUT2D eigenvalue weighted by molar-refractivity contribution is 0.0472. The van der Waals surface area contributed by atoms with Crippen LogP contribution in [0.3, 0.4) is 0 Å². The Morgan fingerprint density at radius 1 is 1.04 bits per heavy atom. The summed E-state index contributed by atoms with van der Waals surface area (Å²) in [6.45, 7) is 5.06. The highest BCUT2D eigenvalue weighted by atomic mass is 16.5. The Kier molecular flexibility index (Phi) is 9.58. The fraction of sp³-hybridized carbons (Fsp3) is 0.364. The van der Waals surface area contributed by atoms with Gasteiger partial charge >= 0.3 is 5.97 Å². The van der Waals surface area contributed by atoms with Crippen LogP contribution < -0.4 is 10.6 Å². The van der Waals surface area contributed by atoms with E-state index >= 15 is 0 Å². The topological polar surface area (TPSA) is 72.0 Å². The number of aliphatic imine (C=N–C) groups is 1. The number of nitrogens with zero attached hydrogens (tertiary/aromatic N) is 1. The number of guanidine groups is 1. The van der Waals surface area contributed by atoms with Crippen molar-refractivity contribution in [2.24, 2.45) is 4.99 Å². The van der Waals surface area contributed by atoms with Gasteiger partial charge in [-0.15, -0.1) is 0 Å². The van der Waals surface area contributed by atoms with E-state index in [0.29, 0.717) is 18.1 Å². The highest BCUT2D eigenvalue weighted by Crippen LogP contribution is 2.09. The summed E-state index contributed by atoms with van der Waals surface area (Å²) in [5.41, 5.74) is 2.48. The fourth-order valence-electron chi connectivity index (χ4n) is 2.55. The molecular formula is C22H29N3O3. The molecule has 0 fully saturated rings. The lowest BCUT2D eigenvalue weighted by Crippen LogP contribution is -2.37. The van der Waals surface area contributed by atoms with Gasteiger partial charge < -0.3 is 20.1 Å². The predicted octanol–water partition coefficient (Wildman–Crippen LogP) is 3.14. The molecule has 28 heavy (non-hydrogen) atoms. The molecule has 0 atom stereocenters. The number of hydrogen-bond acceptors (Lipinski definition) is 4. The molecule has 0 bridgehead atoms. The van der Waals surface area contributed by atoms with Gasteiger partial charge in [-0.3, -0.25) is 4.99 Å². The molecule has 0 radical (unpaired) electrons. The summed E-state index contributed by atoms with van der Waals surface area (Å²) < 4.78 is 10.7. The van der Waals surface area contributed by atoms with E-state index in [-0.39, 0.29) is 12.6 Å². The van der Waals surface area contributed by atoms with Crippen LogP contribution in [0.15, 0.2) is 59.6 Å². The molecule has 0 spiro atoms. The van der Waals surface area contributed by atoms with Gasteiger partial charge in [-0.25, -0.2) is 4.79 Å². The van der Waals surface area contributed by atoms with Crippen molar-refractivity contribution in [3.8, 4) is 0 Å². The van der Waals surface area contributed by atoms with Gasteiger partial charge in [0, 0.05) is 33.4 Å². The van der Waals surface area contributed by atoms with Gasteiger partial charge in [0.05, 0.1) is 5.56 Å². The molecule has 0 amide bonds. The second-order valence-corrected chi connectivity index (χ2v) is 6.17. The van der Waals surface area contributed by atoms with Gasteiger partial charge in [-0.2, -0.15) is 0 Å². The maximum Gasteiger partial charge on any atom is 0.338 e. The SMILES string of the molecule is CCOCCCNC(=NC)NCc1cccc(C(=O)OCc2ccccc2)c1. The third-order valence-corrected chi connectivity index (χ3v) is 4.02. The van der Waals surface area contributed by atoms with Crippen LogP contribution >= 0.6 is 0 Å². The first-order valence-electron chi connectivity index (χ1n) is 9.55. The summed E-state index contributed by atoms with van der Waals surface area (Å²) >= 11 is 0. The van der Waals surface area contributed by atoms with Crippen molar-refractivity contribution < 1.29 is 14.3 Å². The zero-order valence-corrected chi connectivity index (χ0v) is 16.6. The van der Waals surface area contributed by atoms with Gasteiger partial charge in [-0.05, 0) is 36.6 Å². The molecule has 2 rings (SSSR count). The highest BCUT2D eigenvalue weighted by molar-refractivity contribution is 5.89. The molecule has 2 aromatic carbocycles. The maximum atomic E-state index is 12.3. The number of carbonyl (C=O) groups excluding carboxylic acids is 1. The van der Waals surface area contributed by atoms with Crippen LogP contribution in [0, 0.1) is 0 Å². The van der Waals surface area contributed by atoms with E-state index in [2.05, 4.69) is 15.6 Å². The number of ether oxygens (including phenoxy) is 2. The number of benzene rings is 2. The first kappa shape index (κ1) is 21.4. The minimum absolute atomic E-state index is 0.264. The molecule has 0 unspecified atom stereocenters. The lowest BCUT2D eigenvalue weighted by Gasteiger charge is -2.12. The van der Waals surface area contributed by atoms with E-state index in [1.54, 1.807) is 13.1 Å².